The molecule has 25 heavy (non-hydrogen) atoms. The normalized spacial score (nSPS) is 10.8. The van der Waals surface area contributed by atoms with Crippen LogP contribution in [0.3, 0.4) is 0 Å². The first-order valence-corrected chi connectivity index (χ1v) is 7.58. The van der Waals surface area contributed by atoms with Gasteiger partial charge >= 0.3 is 0 Å². The second-order valence-electron chi connectivity index (χ2n) is 5.26. The van der Waals surface area contributed by atoms with Gasteiger partial charge in [-0.05, 0) is 12.1 Å². The number of ether oxygens (including phenoxy) is 6. The van der Waals surface area contributed by atoms with Crippen LogP contribution in [-0.2, 0) is 0 Å². The molecule has 0 atom stereocenters. The van der Waals surface area contributed by atoms with Crippen LogP contribution in [0, 0.1) is 0 Å². The van der Waals surface area contributed by atoms with Crippen molar-refractivity contribution in [2.45, 2.75) is 0 Å². The molecular formula is C18H21NO6. The van der Waals surface area contributed by atoms with E-state index in [1.165, 1.54) is 0 Å². The van der Waals surface area contributed by atoms with E-state index in [4.69, 9.17) is 28.4 Å². The summed E-state index contributed by atoms with van der Waals surface area (Å²) < 4.78 is 33.0. The zero-order chi connectivity index (χ0) is 18.1. The second kappa shape index (κ2) is 6.51. The maximum atomic E-state index is 5.57. The van der Waals surface area contributed by atoms with Crippen LogP contribution in [0.25, 0.3) is 21.8 Å². The fourth-order valence-electron chi connectivity index (χ4n) is 3.11. The van der Waals surface area contributed by atoms with E-state index in [9.17, 15) is 0 Å². The van der Waals surface area contributed by atoms with Gasteiger partial charge in [0.05, 0.1) is 53.7 Å². The number of aromatic nitrogens is 1. The summed E-state index contributed by atoms with van der Waals surface area (Å²) in [5, 5.41) is 1.78. The highest BCUT2D eigenvalue weighted by Crippen LogP contribution is 2.50. The topological polar surface area (TPSA) is 71.2 Å². The van der Waals surface area contributed by atoms with Crippen molar-refractivity contribution >= 4 is 21.8 Å². The highest BCUT2D eigenvalue weighted by Gasteiger charge is 2.24. The van der Waals surface area contributed by atoms with Gasteiger partial charge in [-0.15, -0.1) is 0 Å². The smallest absolute Gasteiger partial charge is 0.205 e. The molecule has 3 aromatic rings. The minimum Gasteiger partial charge on any atom is -0.493 e. The summed E-state index contributed by atoms with van der Waals surface area (Å²) in [6.07, 6.45) is 0. The Balaban J connectivity index is 2.52. The molecule has 1 N–H and O–H groups in total. The molecule has 0 saturated carbocycles. The molecule has 0 amide bonds. The number of methoxy groups -OCH3 is 6. The Morgan fingerprint density at radius 1 is 0.520 bits per heavy atom. The van der Waals surface area contributed by atoms with Crippen LogP contribution in [0.1, 0.15) is 0 Å². The maximum Gasteiger partial charge on any atom is 0.205 e. The molecule has 134 valence electrons. The summed E-state index contributed by atoms with van der Waals surface area (Å²) in [7, 11) is 9.48. The van der Waals surface area contributed by atoms with Gasteiger partial charge in [0.2, 0.25) is 11.5 Å². The molecule has 0 unspecified atom stereocenters. The molecular weight excluding hydrogens is 326 g/mol. The lowest BCUT2D eigenvalue weighted by Gasteiger charge is -2.13. The van der Waals surface area contributed by atoms with Gasteiger partial charge in [0.15, 0.2) is 23.0 Å². The van der Waals surface area contributed by atoms with Crippen molar-refractivity contribution in [2.24, 2.45) is 0 Å². The summed E-state index contributed by atoms with van der Waals surface area (Å²) in [6, 6.07) is 3.78. The Bertz CT molecular complexity index is 857. The highest BCUT2D eigenvalue weighted by atomic mass is 16.5. The van der Waals surface area contributed by atoms with E-state index in [0.29, 0.717) is 34.5 Å². The maximum absolute atomic E-state index is 5.57. The van der Waals surface area contributed by atoms with E-state index in [0.717, 1.165) is 21.8 Å². The number of hydrogen-bond acceptors (Lipinski definition) is 6. The molecule has 0 spiro atoms. The number of fused-ring (bicyclic) bond motifs is 3. The Morgan fingerprint density at radius 3 is 1.16 bits per heavy atom. The average molecular weight is 347 g/mol. The molecule has 0 saturated heterocycles. The van der Waals surface area contributed by atoms with Crippen LogP contribution in [-0.4, -0.2) is 47.6 Å². The van der Waals surface area contributed by atoms with Crippen molar-refractivity contribution < 1.29 is 28.4 Å². The van der Waals surface area contributed by atoms with Gasteiger partial charge in [0.25, 0.3) is 0 Å². The first-order valence-electron chi connectivity index (χ1n) is 7.58. The molecule has 1 heterocycles. The standard InChI is InChI=1S/C18H21NO6/c1-20-11-7-9-10-8-12(21-2)16(23-4)18(25-6)14(10)19-13(9)17(24-5)15(11)22-3/h7-8,19H,1-6H3. The largest absolute Gasteiger partial charge is 0.493 e. The van der Waals surface area contributed by atoms with Gasteiger partial charge in [0, 0.05) is 10.8 Å². The Morgan fingerprint density at radius 2 is 0.880 bits per heavy atom. The third-order valence-corrected chi connectivity index (χ3v) is 4.20. The highest BCUT2D eigenvalue weighted by molar-refractivity contribution is 6.13. The van der Waals surface area contributed by atoms with Crippen LogP contribution in [0.5, 0.6) is 34.5 Å². The summed E-state index contributed by atoms with van der Waals surface area (Å²) >= 11 is 0. The zero-order valence-corrected chi connectivity index (χ0v) is 15.1. The molecule has 7 nitrogen and oxygen atoms in total. The number of benzene rings is 2. The minimum atomic E-state index is 0.516. The average Bonchev–Trinajstić information content (AvgIpc) is 3.02. The third-order valence-electron chi connectivity index (χ3n) is 4.20. The number of aromatic amines is 1. The van der Waals surface area contributed by atoms with Gasteiger partial charge in [-0.1, -0.05) is 0 Å². The van der Waals surface area contributed by atoms with Crippen molar-refractivity contribution in [2.75, 3.05) is 42.7 Å². The van der Waals surface area contributed by atoms with E-state index in [2.05, 4.69) is 4.98 Å². The number of H-pyrrole nitrogens is 1. The van der Waals surface area contributed by atoms with Crippen LogP contribution in [0.4, 0.5) is 0 Å². The molecule has 0 bridgehead atoms. The fourth-order valence-corrected chi connectivity index (χ4v) is 3.11. The third kappa shape index (κ3) is 2.34. The molecule has 0 aliphatic rings. The van der Waals surface area contributed by atoms with E-state index >= 15 is 0 Å². The molecule has 7 heteroatoms. The lowest BCUT2D eigenvalue weighted by atomic mass is 10.1. The van der Waals surface area contributed by atoms with Crippen LogP contribution in [0.15, 0.2) is 12.1 Å². The quantitative estimate of drug-likeness (QED) is 0.737. The molecule has 3 rings (SSSR count). The van der Waals surface area contributed by atoms with Crippen molar-refractivity contribution in [1.29, 1.82) is 0 Å². The monoisotopic (exact) mass is 347 g/mol. The number of rotatable bonds is 6. The van der Waals surface area contributed by atoms with Crippen LogP contribution in [0.2, 0.25) is 0 Å². The summed E-state index contributed by atoms with van der Waals surface area (Å²) in [4.78, 5) is 3.35. The van der Waals surface area contributed by atoms with Crippen LogP contribution < -0.4 is 28.4 Å². The molecule has 0 fully saturated rings. The van der Waals surface area contributed by atoms with Gasteiger partial charge in [-0.25, -0.2) is 0 Å². The molecule has 2 aromatic carbocycles. The van der Waals surface area contributed by atoms with Crippen molar-refractivity contribution in [3.05, 3.63) is 12.1 Å². The predicted molar refractivity (Wildman–Crippen MR) is 95.1 cm³/mol. The zero-order valence-electron chi connectivity index (χ0n) is 15.1. The van der Waals surface area contributed by atoms with Gasteiger partial charge < -0.3 is 33.4 Å². The summed E-state index contributed by atoms with van der Waals surface area (Å²) in [5.41, 5.74) is 1.53. The van der Waals surface area contributed by atoms with Crippen molar-refractivity contribution in [3.8, 4) is 34.5 Å². The molecule has 1 aromatic heterocycles. The molecule has 0 radical (unpaired) electrons. The van der Waals surface area contributed by atoms with E-state index in [1.807, 2.05) is 12.1 Å². The van der Waals surface area contributed by atoms with Gasteiger partial charge in [0.1, 0.15) is 0 Å². The van der Waals surface area contributed by atoms with E-state index < -0.39 is 0 Å². The van der Waals surface area contributed by atoms with E-state index in [-0.39, 0.29) is 0 Å². The summed E-state index contributed by atoms with van der Waals surface area (Å²) in [5.74, 6) is 3.27. The SMILES string of the molecule is COc1cc2c([nH]c3c(OC)c(OC)c(OC)cc32)c(OC)c1OC. The molecule has 0 aliphatic heterocycles. The fraction of sp³-hybridized carbons (Fsp3) is 0.333. The Hall–Kier alpha value is -2.96. The predicted octanol–water partition coefficient (Wildman–Crippen LogP) is 3.37. The Labute approximate surface area is 145 Å². The van der Waals surface area contributed by atoms with Crippen LogP contribution >= 0.6 is 0 Å². The minimum absolute atomic E-state index is 0.516. The molecule has 0 aliphatic carbocycles. The number of hydrogen-bond donors (Lipinski definition) is 1. The van der Waals surface area contributed by atoms with Gasteiger partial charge in [-0.3, -0.25) is 0 Å². The second-order valence-corrected chi connectivity index (χ2v) is 5.26. The lowest BCUT2D eigenvalue weighted by Crippen LogP contribution is -1.95. The Kier molecular flexibility index (Phi) is 4.39. The lowest BCUT2D eigenvalue weighted by molar-refractivity contribution is 0.326. The van der Waals surface area contributed by atoms with Crippen molar-refractivity contribution in [3.63, 3.8) is 0 Å². The van der Waals surface area contributed by atoms with Crippen molar-refractivity contribution in [1.82, 2.24) is 4.98 Å². The van der Waals surface area contributed by atoms with Gasteiger partial charge in [-0.2, -0.15) is 0 Å². The summed E-state index contributed by atoms with van der Waals surface area (Å²) in [6.45, 7) is 0. The van der Waals surface area contributed by atoms with E-state index in [1.54, 1.807) is 42.7 Å². The first kappa shape index (κ1) is 16.9. The number of nitrogens with one attached hydrogen (secondary N) is 1. The first-order chi connectivity index (χ1) is 12.1.